The van der Waals surface area contributed by atoms with Crippen LogP contribution in [0.2, 0.25) is 0 Å². The molecule has 4 aromatic rings. The van der Waals surface area contributed by atoms with Crippen molar-refractivity contribution < 1.29 is 29.0 Å². The first-order chi connectivity index (χ1) is 25.4. The summed E-state index contributed by atoms with van der Waals surface area (Å²) in [5.74, 6) is 0.737. The molecule has 14 heteroatoms. The monoisotopic (exact) mass is 724 g/mol. The molecule has 0 unspecified atom stereocenters. The number of carboxylic acid groups (broad SMARTS) is 1. The van der Waals surface area contributed by atoms with Crippen LogP contribution in [0.15, 0.2) is 60.9 Å². The number of aromatic nitrogens is 4. The highest BCUT2D eigenvalue weighted by atomic mass is 16.5. The molecule has 2 aliphatic heterocycles. The number of rotatable bonds is 11. The molecule has 0 radical (unpaired) electrons. The van der Waals surface area contributed by atoms with E-state index in [0.29, 0.717) is 18.9 Å². The molecule has 2 aliphatic rings. The Bertz CT molecular complexity index is 1920. The number of carbonyl (C=O) groups excluding carboxylic acids is 3. The van der Waals surface area contributed by atoms with E-state index >= 15 is 0 Å². The Kier molecular flexibility index (Phi) is 11.2. The van der Waals surface area contributed by atoms with Crippen molar-refractivity contribution in [1.29, 1.82) is 0 Å². The molecule has 2 saturated heterocycles. The number of nitrogens with one attached hydrogen (secondary N) is 4. The predicted octanol–water partition coefficient (Wildman–Crippen LogP) is 6.13. The molecule has 0 bridgehead atoms. The van der Waals surface area contributed by atoms with E-state index in [4.69, 9.17) is 4.74 Å². The molecule has 2 fully saturated rings. The third-order valence-corrected chi connectivity index (χ3v) is 10.2. The van der Waals surface area contributed by atoms with E-state index in [1.54, 1.807) is 22.2 Å². The van der Waals surface area contributed by atoms with Gasteiger partial charge in [0.2, 0.25) is 11.8 Å². The molecule has 4 atom stereocenters. The summed E-state index contributed by atoms with van der Waals surface area (Å²) < 4.78 is 4.75. The van der Waals surface area contributed by atoms with Crippen LogP contribution in [0.5, 0.6) is 0 Å². The molecule has 53 heavy (non-hydrogen) atoms. The summed E-state index contributed by atoms with van der Waals surface area (Å²) in [6.45, 7) is 8.59. The van der Waals surface area contributed by atoms with Crippen LogP contribution in [0, 0.1) is 11.8 Å². The summed E-state index contributed by atoms with van der Waals surface area (Å²) in [5.41, 5.74) is 5.70. The van der Waals surface area contributed by atoms with Gasteiger partial charge in [-0.25, -0.2) is 19.6 Å². The number of benzene rings is 2. The number of amides is 4. The maximum absolute atomic E-state index is 13.5. The van der Waals surface area contributed by atoms with Gasteiger partial charge in [-0.05, 0) is 59.8 Å². The highest BCUT2D eigenvalue weighted by Gasteiger charge is 2.39. The van der Waals surface area contributed by atoms with Gasteiger partial charge in [0.25, 0.3) is 0 Å². The summed E-state index contributed by atoms with van der Waals surface area (Å²) in [7, 11) is 1.29. The van der Waals surface area contributed by atoms with Crippen LogP contribution < -0.4 is 10.6 Å². The standard InChI is InChI=1S/C39H48N8O6/c1-22(2)32(44-38(50)51)36(48)46-18-6-8-30(46)34-40-20-28(42-34)26-14-10-24(11-15-26)25-12-16-27(17-13-25)29-21-41-35(43-29)31-9-7-19-47(31)37(49)33(23(3)4)45-39(52)53-5/h10-17,20-23,30-33,44H,6-9,18-19H2,1-5H3,(H,40,42)(H,41,43)(H,45,52)(H,50,51)/t30-,31-,32+,33+/m0/s1. The number of carbonyl (C=O) groups is 4. The zero-order valence-corrected chi connectivity index (χ0v) is 30.8. The average Bonchev–Trinajstić information content (AvgIpc) is 3.98. The van der Waals surface area contributed by atoms with Gasteiger partial charge < -0.3 is 40.2 Å². The summed E-state index contributed by atoms with van der Waals surface area (Å²) in [6, 6.07) is 14.4. The number of hydrogen-bond donors (Lipinski definition) is 5. The van der Waals surface area contributed by atoms with Crippen LogP contribution in [-0.4, -0.2) is 91.1 Å². The van der Waals surface area contributed by atoms with Crippen LogP contribution in [0.25, 0.3) is 33.6 Å². The molecular weight excluding hydrogens is 676 g/mol. The highest BCUT2D eigenvalue weighted by molar-refractivity contribution is 5.87. The smallest absolute Gasteiger partial charge is 0.407 e. The number of hydrogen-bond acceptors (Lipinski definition) is 7. The van der Waals surface area contributed by atoms with Gasteiger partial charge in [0.05, 0.1) is 43.0 Å². The van der Waals surface area contributed by atoms with E-state index in [-0.39, 0.29) is 35.7 Å². The second-order valence-corrected chi connectivity index (χ2v) is 14.4. The highest BCUT2D eigenvalue weighted by Crippen LogP contribution is 2.35. The first-order valence-electron chi connectivity index (χ1n) is 18.2. The van der Waals surface area contributed by atoms with Crippen molar-refractivity contribution in [2.75, 3.05) is 20.2 Å². The molecule has 0 spiro atoms. The van der Waals surface area contributed by atoms with Crippen LogP contribution in [0.1, 0.15) is 77.1 Å². The zero-order valence-electron chi connectivity index (χ0n) is 30.8. The van der Waals surface area contributed by atoms with Crippen LogP contribution in [0.4, 0.5) is 9.59 Å². The molecule has 4 amide bonds. The molecule has 14 nitrogen and oxygen atoms in total. The lowest BCUT2D eigenvalue weighted by molar-refractivity contribution is -0.136. The van der Waals surface area contributed by atoms with E-state index < -0.39 is 24.3 Å². The molecular formula is C39H48N8O6. The van der Waals surface area contributed by atoms with Gasteiger partial charge in [-0.1, -0.05) is 76.2 Å². The van der Waals surface area contributed by atoms with Crippen molar-refractivity contribution in [3.8, 4) is 33.6 Å². The molecule has 2 aromatic heterocycles. The molecule has 0 aliphatic carbocycles. The van der Waals surface area contributed by atoms with Gasteiger partial charge in [-0.2, -0.15) is 0 Å². The van der Waals surface area contributed by atoms with Crippen molar-refractivity contribution in [2.45, 2.75) is 77.5 Å². The van der Waals surface area contributed by atoms with Gasteiger partial charge in [0, 0.05) is 13.1 Å². The maximum atomic E-state index is 13.5. The lowest BCUT2D eigenvalue weighted by atomic mass is 10.0. The second kappa shape index (κ2) is 15.9. The lowest BCUT2D eigenvalue weighted by Crippen LogP contribution is -2.51. The Hall–Kier alpha value is -5.66. The molecule has 2 aromatic carbocycles. The molecule has 280 valence electrons. The van der Waals surface area contributed by atoms with Gasteiger partial charge in [-0.3, -0.25) is 9.59 Å². The Balaban J connectivity index is 1.11. The summed E-state index contributed by atoms with van der Waals surface area (Å²) >= 11 is 0. The van der Waals surface area contributed by atoms with Crippen LogP contribution >= 0.6 is 0 Å². The normalized spacial score (nSPS) is 18.3. The Morgan fingerprint density at radius 3 is 1.47 bits per heavy atom. The molecule has 4 heterocycles. The van der Waals surface area contributed by atoms with Crippen LogP contribution in [-0.2, 0) is 14.3 Å². The second-order valence-electron chi connectivity index (χ2n) is 14.4. The minimum absolute atomic E-state index is 0.107. The largest absolute Gasteiger partial charge is 0.465 e. The van der Waals surface area contributed by atoms with Gasteiger partial charge in [0.1, 0.15) is 23.7 Å². The number of aromatic amines is 2. The Morgan fingerprint density at radius 2 is 1.09 bits per heavy atom. The minimum Gasteiger partial charge on any atom is -0.465 e. The van der Waals surface area contributed by atoms with Crippen molar-refractivity contribution in [2.24, 2.45) is 11.8 Å². The predicted molar refractivity (Wildman–Crippen MR) is 198 cm³/mol. The number of alkyl carbamates (subject to hydrolysis) is 1. The average molecular weight is 725 g/mol. The SMILES string of the molecule is COC(=O)N[C@@H](C(=O)N1CCC[C@H]1c1ncc(-c2ccc(-c3ccc(-c4cnc([C@@H]5CCCN5C(=O)[C@H](NC(=O)O)C(C)C)[nH]4)cc3)cc2)[nH]1)C(C)C. The number of nitrogens with zero attached hydrogens (tertiary/aromatic N) is 4. The van der Waals surface area contributed by atoms with E-state index in [2.05, 4.69) is 54.8 Å². The quantitative estimate of drug-likeness (QED) is 0.122. The fourth-order valence-corrected chi connectivity index (χ4v) is 7.32. The maximum Gasteiger partial charge on any atom is 0.407 e. The number of imidazole rings is 2. The van der Waals surface area contributed by atoms with Gasteiger partial charge >= 0.3 is 12.2 Å². The van der Waals surface area contributed by atoms with E-state index in [1.807, 2.05) is 52.0 Å². The van der Waals surface area contributed by atoms with Crippen molar-refractivity contribution in [1.82, 2.24) is 40.4 Å². The summed E-state index contributed by atoms with van der Waals surface area (Å²) in [5, 5.41) is 14.3. The number of likely N-dealkylation sites (tertiary alicyclic amines) is 2. The van der Waals surface area contributed by atoms with E-state index in [9.17, 15) is 24.3 Å². The zero-order chi connectivity index (χ0) is 37.8. The third kappa shape index (κ3) is 8.06. The molecule has 5 N–H and O–H groups in total. The number of H-pyrrole nitrogens is 2. The minimum atomic E-state index is -1.21. The molecule has 0 saturated carbocycles. The first kappa shape index (κ1) is 37.1. The summed E-state index contributed by atoms with van der Waals surface area (Å²) in [6.07, 6.45) is 4.91. The Morgan fingerprint density at radius 1 is 0.698 bits per heavy atom. The van der Waals surface area contributed by atoms with E-state index in [0.717, 1.165) is 65.1 Å². The molecule has 6 rings (SSSR count). The van der Waals surface area contributed by atoms with E-state index in [1.165, 1.54) is 7.11 Å². The number of methoxy groups -OCH3 is 1. The van der Waals surface area contributed by atoms with Crippen molar-refractivity contribution in [3.05, 3.63) is 72.6 Å². The lowest BCUT2D eigenvalue weighted by Gasteiger charge is -2.30. The van der Waals surface area contributed by atoms with Gasteiger partial charge in [-0.15, -0.1) is 0 Å². The Labute approximate surface area is 308 Å². The fraction of sp³-hybridized carbons (Fsp3) is 0.436. The van der Waals surface area contributed by atoms with Gasteiger partial charge in [0.15, 0.2) is 0 Å². The number of ether oxygens (including phenoxy) is 1. The summed E-state index contributed by atoms with van der Waals surface area (Å²) in [4.78, 5) is 69.8. The fourth-order valence-electron chi connectivity index (χ4n) is 7.32. The van der Waals surface area contributed by atoms with Crippen LogP contribution in [0.3, 0.4) is 0 Å². The van der Waals surface area contributed by atoms with Crippen molar-refractivity contribution in [3.63, 3.8) is 0 Å². The topological polar surface area (TPSA) is 186 Å². The van der Waals surface area contributed by atoms with Crippen molar-refractivity contribution >= 4 is 24.0 Å². The first-order valence-corrected chi connectivity index (χ1v) is 18.2. The third-order valence-electron chi connectivity index (χ3n) is 10.2.